The number of aromatic nitrogens is 1. The molecule has 0 fully saturated rings. The number of hydrogen-bond acceptors (Lipinski definition) is 3. The Morgan fingerprint density at radius 3 is 2.72 bits per heavy atom. The van der Waals surface area contributed by atoms with E-state index in [0.29, 0.717) is 5.89 Å². The number of fused-ring (bicyclic) bond motifs is 1. The molecule has 0 atom stereocenters. The Morgan fingerprint density at radius 1 is 1.11 bits per heavy atom. The highest BCUT2D eigenvalue weighted by Gasteiger charge is 2.10. The summed E-state index contributed by atoms with van der Waals surface area (Å²) in [6.07, 6.45) is 0. The van der Waals surface area contributed by atoms with E-state index in [1.54, 1.807) is 7.11 Å². The molecule has 1 aromatic heterocycles. The van der Waals surface area contributed by atoms with Crippen molar-refractivity contribution in [3.63, 3.8) is 0 Å². The predicted molar refractivity (Wildman–Crippen MR) is 70.7 cm³/mol. The van der Waals surface area contributed by atoms with Gasteiger partial charge in [-0.3, -0.25) is 0 Å². The van der Waals surface area contributed by atoms with Crippen LogP contribution in [0, 0.1) is 6.92 Å². The van der Waals surface area contributed by atoms with E-state index >= 15 is 0 Å². The fourth-order valence-corrected chi connectivity index (χ4v) is 1.97. The van der Waals surface area contributed by atoms with Gasteiger partial charge in [0, 0.05) is 5.56 Å². The fraction of sp³-hybridized carbons (Fsp3) is 0.133. The van der Waals surface area contributed by atoms with E-state index in [2.05, 4.69) is 4.98 Å². The second-order valence-electron chi connectivity index (χ2n) is 4.17. The second kappa shape index (κ2) is 4.18. The molecule has 0 spiro atoms. The molecule has 2 aromatic carbocycles. The average molecular weight is 239 g/mol. The SMILES string of the molecule is COc1cccc(-c2nc3cccc(C)c3o2)c1. The number of ether oxygens (including phenoxy) is 1. The Hall–Kier alpha value is -2.29. The summed E-state index contributed by atoms with van der Waals surface area (Å²) in [6, 6.07) is 13.7. The van der Waals surface area contributed by atoms with E-state index in [4.69, 9.17) is 9.15 Å². The van der Waals surface area contributed by atoms with Crippen LogP contribution in [0.2, 0.25) is 0 Å². The Kier molecular flexibility index (Phi) is 2.52. The molecule has 1 heterocycles. The normalized spacial score (nSPS) is 10.8. The number of hydrogen-bond donors (Lipinski definition) is 0. The van der Waals surface area contributed by atoms with Crippen molar-refractivity contribution in [1.29, 1.82) is 0 Å². The summed E-state index contributed by atoms with van der Waals surface area (Å²) >= 11 is 0. The van der Waals surface area contributed by atoms with Crippen LogP contribution in [-0.4, -0.2) is 12.1 Å². The molecule has 0 radical (unpaired) electrons. The maximum Gasteiger partial charge on any atom is 0.227 e. The molecule has 0 saturated heterocycles. The van der Waals surface area contributed by atoms with Crippen molar-refractivity contribution >= 4 is 11.1 Å². The first kappa shape index (κ1) is 10.8. The van der Waals surface area contributed by atoms with Gasteiger partial charge in [-0.15, -0.1) is 0 Å². The molecule has 0 aliphatic carbocycles. The summed E-state index contributed by atoms with van der Waals surface area (Å²) in [5.41, 5.74) is 3.74. The lowest BCUT2D eigenvalue weighted by atomic mass is 10.2. The zero-order valence-corrected chi connectivity index (χ0v) is 10.3. The number of rotatable bonds is 2. The molecule has 3 heteroatoms. The highest BCUT2D eigenvalue weighted by molar-refractivity contribution is 5.79. The zero-order valence-electron chi connectivity index (χ0n) is 10.3. The van der Waals surface area contributed by atoms with Gasteiger partial charge < -0.3 is 9.15 Å². The third-order valence-corrected chi connectivity index (χ3v) is 2.93. The summed E-state index contributed by atoms with van der Waals surface area (Å²) in [5, 5.41) is 0. The topological polar surface area (TPSA) is 35.3 Å². The maximum absolute atomic E-state index is 5.82. The molecule has 0 unspecified atom stereocenters. The molecule has 3 rings (SSSR count). The Bertz CT molecular complexity index is 701. The average Bonchev–Trinajstić information content (AvgIpc) is 2.84. The smallest absolute Gasteiger partial charge is 0.227 e. The van der Waals surface area contributed by atoms with E-state index in [1.807, 2.05) is 49.4 Å². The van der Waals surface area contributed by atoms with E-state index in [0.717, 1.165) is 28.0 Å². The van der Waals surface area contributed by atoms with Crippen LogP contribution in [-0.2, 0) is 0 Å². The molecule has 0 saturated carbocycles. The molecule has 3 nitrogen and oxygen atoms in total. The Morgan fingerprint density at radius 2 is 1.94 bits per heavy atom. The monoisotopic (exact) mass is 239 g/mol. The number of benzene rings is 2. The van der Waals surface area contributed by atoms with Gasteiger partial charge >= 0.3 is 0 Å². The molecule has 0 N–H and O–H groups in total. The van der Waals surface area contributed by atoms with Crippen LogP contribution in [0.3, 0.4) is 0 Å². The third kappa shape index (κ3) is 1.74. The van der Waals surface area contributed by atoms with E-state index in [1.165, 1.54) is 0 Å². The first-order chi connectivity index (χ1) is 8.78. The first-order valence-corrected chi connectivity index (χ1v) is 5.78. The minimum Gasteiger partial charge on any atom is -0.497 e. The van der Waals surface area contributed by atoms with Crippen LogP contribution >= 0.6 is 0 Å². The standard InChI is InChI=1S/C15H13NO2/c1-10-5-3-8-13-14(10)18-15(16-13)11-6-4-7-12(9-11)17-2/h3-9H,1-2H3. The number of nitrogens with zero attached hydrogens (tertiary/aromatic N) is 1. The maximum atomic E-state index is 5.82. The lowest BCUT2D eigenvalue weighted by molar-refractivity contribution is 0.415. The zero-order chi connectivity index (χ0) is 12.5. The quantitative estimate of drug-likeness (QED) is 0.682. The molecule has 0 aliphatic rings. The van der Waals surface area contributed by atoms with Crippen molar-refractivity contribution in [2.45, 2.75) is 6.92 Å². The second-order valence-corrected chi connectivity index (χ2v) is 4.17. The minimum atomic E-state index is 0.623. The van der Waals surface area contributed by atoms with E-state index in [-0.39, 0.29) is 0 Å². The lowest BCUT2D eigenvalue weighted by Crippen LogP contribution is -1.83. The van der Waals surface area contributed by atoms with E-state index < -0.39 is 0 Å². The van der Waals surface area contributed by atoms with Crippen LogP contribution < -0.4 is 4.74 Å². The molecule has 18 heavy (non-hydrogen) atoms. The minimum absolute atomic E-state index is 0.623. The van der Waals surface area contributed by atoms with Gasteiger partial charge in [0.05, 0.1) is 7.11 Å². The van der Waals surface area contributed by atoms with Crippen molar-refractivity contribution in [3.05, 3.63) is 48.0 Å². The molecule has 3 aromatic rings. The number of aryl methyl sites for hydroxylation is 1. The highest BCUT2D eigenvalue weighted by Crippen LogP contribution is 2.28. The van der Waals surface area contributed by atoms with Crippen LogP contribution in [0.15, 0.2) is 46.9 Å². The van der Waals surface area contributed by atoms with Gasteiger partial charge in [-0.25, -0.2) is 4.98 Å². The van der Waals surface area contributed by atoms with Crippen molar-refractivity contribution < 1.29 is 9.15 Å². The first-order valence-electron chi connectivity index (χ1n) is 5.78. The molecule has 0 amide bonds. The number of para-hydroxylation sites is 1. The van der Waals surface area contributed by atoms with Crippen LogP contribution in [0.1, 0.15) is 5.56 Å². The van der Waals surface area contributed by atoms with Crippen molar-refractivity contribution in [2.75, 3.05) is 7.11 Å². The molecular weight excluding hydrogens is 226 g/mol. The summed E-state index contributed by atoms with van der Waals surface area (Å²) in [6.45, 7) is 2.02. The van der Waals surface area contributed by atoms with E-state index in [9.17, 15) is 0 Å². The van der Waals surface area contributed by atoms with Gasteiger partial charge in [-0.1, -0.05) is 18.2 Å². The van der Waals surface area contributed by atoms with Gasteiger partial charge in [0.25, 0.3) is 0 Å². The summed E-state index contributed by atoms with van der Waals surface area (Å²) in [7, 11) is 1.65. The molecule has 0 aliphatic heterocycles. The summed E-state index contributed by atoms with van der Waals surface area (Å²) in [5.74, 6) is 1.42. The van der Waals surface area contributed by atoms with Crippen molar-refractivity contribution in [2.24, 2.45) is 0 Å². The van der Waals surface area contributed by atoms with Crippen molar-refractivity contribution in [1.82, 2.24) is 4.98 Å². The Labute approximate surface area is 105 Å². The molecule has 90 valence electrons. The molecule has 0 bridgehead atoms. The van der Waals surface area contributed by atoms with Crippen LogP contribution in [0.4, 0.5) is 0 Å². The summed E-state index contributed by atoms with van der Waals surface area (Å²) in [4.78, 5) is 4.50. The third-order valence-electron chi connectivity index (χ3n) is 2.93. The van der Waals surface area contributed by atoms with Crippen LogP contribution in [0.25, 0.3) is 22.6 Å². The van der Waals surface area contributed by atoms with Crippen molar-refractivity contribution in [3.8, 4) is 17.2 Å². The summed E-state index contributed by atoms with van der Waals surface area (Å²) < 4.78 is 11.0. The predicted octanol–water partition coefficient (Wildman–Crippen LogP) is 3.81. The van der Waals surface area contributed by atoms with Crippen LogP contribution in [0.5, 0.6) is 5.75 Å². The highest BCUT2D eigenvalue weighted by atomic mass is 16.5. The van der Waals surface area contributed by atoms with Gasteiger partial charge in [-0.2, -0.15) is 0 Å². The molecular formula is C15H13NO2. The van der Waals surface area contributed by atoms with Gasteiger partial charge in [-0.05, 0) is 36.8 Å². The number of methoxy groups -OCH3 is 1. The fourth-order valence-electron chi connectivity index (χ4n) is 1.97. The van der Waals surface area contributed by atoms with Gasteiger partial charge in [0.1, 0.15) is 11.3 Å². The van der Waals surface area contributed by atoms with Gasteiger partial charge in [0.15, 0.2) is 5.58 Å². The largest absolute Gasteiger partial charge is 0.497 e. The lowest BCUT2D eigenvalue weighted by Gasteiger charge is -2.00. The van der Waals surface area contributed by atoms with Gasteiger partial charge in [0.2, 0.25) is 5.89 Å². The number of oxazole rings is 1. The Balaban J connectivity index is 2.16.